The number of halogens is 3. The highest BCUT2D eigenvalue weighted by atomic mass is 79.9. The fourth-order valence-corrected chi connectivity index (χ4v) is 3.94. The van der Waals surface area contributed by atoms with Crippen LogP contribution in [0.1, 0.15) is 11.1 Å². The lowest BCUT2D eigenvalue weighted by Gasteiger charge is -2.12. The standard InChI is InChI=1S/C19H13BrClFN2O4S/c20-11-4-5-15(28-9-12-13(21)2-1-3-14(12)22)10(6-11)7-16-18(26)24(8-17(23)25)19(27)29-16/h1-7H,8-9H2,(H2,23,25)/b16-7-. The zero-order valence-electron chi connectivity index (χ0n) is 14.7. The Hall–Kier alpha value is -2.36. The average molecular weight is 500 g/mol. The minimum Gasteiger partial charge on any atom is -0.488 e. The van der Waals surface area contributed by atoms with Crippen molar-refractivity contribution < 1.29 is 23.5 Å². The highest BCUT2D eigenvalue weighted by molar-refractivity contribution is 9.10. The van der Waals surface area contributed by atoms with Crippen LogP contribution in [-0.4, -0.2) is 28.5 Å². The maximum Gasteiger partial charge on any atom is 0.294 e. The first-order valence-electron chi connectivity index (χ1n) is 8.15. The van der Waals surface area contributed by atoms with Crippen LogP contribution in [0.3, 0.4) is 0 Å². The number of imide groups is 1. The molecule has 2 aromatic carbocycles. The van der Waals surface area contributed by atoms with Gasteiger partial charge in [0.05, 0.1) is 9.93 Å². The lowest BCUT2D eigenvalue weighted by molar-refractivity contribution is -0.127. The van der Waals surface area contributed by atoms with Crippen LogP contribution in [0.2, 0.25) is 5.02 Å². The summed E-state index contributed by atoms with van der Waals surface area (Å²) in [6, 6.07) is 9.37. The average Bonchev–Trinajstić information content (AvgIpc) is 2.90. The molecule has 0 radical (unpaired) electrons. The Morgan fingerprint density at radius 2 is 2.07 bits per heavy atom. The number of hydrogen-bond acceptors (Lipinski definition) is 5. The molecule has 1 saturated heterocycles. The van der Waals surface area contributed by atoms with Crippen LogP contribution in [0.5, 0.6) is 5.75 Å². The SMILES string of the molecule is NC(=O)CN1C(=O)S/C(=C\c2cc(Br)ccc2OCc2c(F)cccc2Cl)C1=O. The van der Waals surface area contributed by atoms with E-state index in [9.17, 15) is 18.8 Å². The van der Waals surface area contributed by atoms with Gasteiger partial charge in [-0.1, -0.05) is 33.6 Å². The largest absolute Gasteiger partial charge is 0.488 e. The Kier molecular flexibility index (Phi) is 6.61. The number of primary amides is 1. The number of thioether (sulfide) groups is 1. The molecule has 3 rings (SSSR count). The first kappa shape index (κ1) is 21.4. The van der Waals surface area contributed by atoms with Gasteiger partial charge in [0.2, 0.25) is 5.91 Å². The van der Waals surface area contributed by atoms with Crippen molar-refractivity contribution in [2.24, 2.45) is 5.73 Å². The number of carbonyl (C=O) groups is 3. The van der Waals surface area contributed by atoms with E-state index in [-0.39, 0.29) is 22.1 Å². The number of carbonyl (C=O) groups excluding carboxylic acids is 3. The fourth-order valence-electron chi connectivity index (χ4n) is 2.52. The first-order chi connectivity index (χ1) is 13.8. The smallest absolute Gasteiger partial charge is 0.294 e. The van der Waals surface area contributed by atoms with Gasteiger partial charge in [-0.2, -0.15) is 0 Å². The Balaban J connectivity index is 1.88. The van der Waals surface area contributed by atoms with Crippen LogP contribution >= 0.6 is 39.3 Å². The van der Waals surface area contributed by atoms with Gasteiger partial charge in [-0.25, -0.2) is 4.39 Å². The molecule has 0 bridgehead atoms. The normalized spacial score (nSPS) is 15.3. The fraction of sp³-hybridized carbons (Fsp3) is 0.105. The number of ether oxygens (including phenoxy) is 1. The second-order valence-electron chi connectivity index (χ2n) is 5.91. The number of nitrogens with zero attached hydrogens (tertiary/aromatic N) is 1. The minimum absolute atomic E-state index is 0.114. The summed E-state index contributed by atoms with van der Waals surface area (Å²) in [6.45, 7) is -0.618. The number of amides is 3. The Morgan fingerprint density at radius 1 is 1.31 bits per heavy atom. The molecule has 6 nitrogen and oxygen atoms in total. The zero-order valence-corrected chi connectivity index (χ0v) is 17.8. The molecule has 0 spiro atoms. The van der Waals surface area contributed by atoms with Gasteiger partial charge in [-0.05, 0) is 48.2 Å². The maximum atomic E-state index is 14.0. The van der Waals surface area contributed by atoms with E-state index in [1.807, 2.05) is 0 Å². The Bertz CT molecular complexity index is 1030. The summed E-state index contributed by atoms with van der Waals surface area (Å²) in [4.78, 5) is 36.3. The van der Waals surface area contributed by atoms with Crippen molar-refractivity contribution in [2.75, 3.05) is 6.54 Å². The quantitative estimate of drug-likeness (QED) is 0.597. The highest BCUT2D eigenvalue weighted by Gasteiger charge is 2.36. The van der Waals surface area contributed by atoms with Gasteiger partial charge in [-0.3, -0.25) is 19.3 Å². The van der Waals surface area contributed by atoms with Crippen molar-refractivity contribution in [1.29, 1.82) is 0 Å². The van der Waals surface area contributed by atoms with E-state index in [0.717, 1.165) is 4.90 Å². The van der Waals surface area contributed by atoms with Crippen LogP contribution in [0.25, 0.3) is 6.08 Å². The van der Waals surface area contributed by atoms with Gasteiger partial charge in [-0.15, -0.1) is 0 Å². The molecule has 1 heterocycles. The minimum atomic E-state index is -0.790. The number of hydrogen-bond donors (Lipinski definition) is 1. The molecule has 0 atom stereocenters. The molecule has 1 aliphatic rings. The molecule has 150 valence electrons. The summed E-state index contributed by atoms with van der Waals surface area (Å²) in [6.07, 6.45) is 1.47. The van der Waals surface area contributed by atoms with Gasteiger partial charge in [0.15, 0.2) is 0 Å². The summed E-state index contributed by atoms with van der Waals surface area (Å²) in [5, 5.41) is -0.355. The van der Waals surface area contributed by atoms with Gasteiger partial charge in [0.1, 0.15) is 24.7 Å². The number of nitrogens with two attached hydrogens (primary N) is 1. The summed E-state index contributed by atoms with van der Waals surface area (Å²) < 4.78 is 20.4. The van der Waals surface area contributed by atoms with E-state index in [2.05, 4.69) is 15.9 Å². The number of benzene rings is 2. The second kappa shape index (κ2) is 8.98. The zero-order chi connectivity index (χ0) is 21.1. The third kappa shape index (κ3) is 4.98. The molecule has 29 heavy (non-hydrogen) atoms. The second-order valence-corrected chi connectivity index (χ2v) is 8.22. The summed E-state index contributed by atoms with van der Waals surface area (Å²) in [5.41, 5.74) is 5.76. The first-order valence-corrected chi connectivity index (χ1v) is 10.1. The van der Waals surface area contributed by atoms with Crippen molar-refractivity contribution >= 4 is 62.4 Å². The highest BCUT2D eigenvalue weighted by Crippen LogP contribution is 2.35. The predicted octanol–water partition coefficient (Wildman–Crippen LogP) is 4.34. The van der Waals surface area contributed by atoms with Crippen LogP contribution in [0.4, 0.5) is 9.18 Å². The van der Waals surface area contributed by atoms with Crippen LogP contribution in [-0.2, 0) is 16.2 Å². The molecule has 1 fully saturated rings. The molecular weight excluding hydrogens is 487 g/mol. The van der Waals surface area contributed by atoms with Gasteiger partial charge in [0.25, 0.3) is 11.1 Å². The lowest BCUT2D eigenvalue weighted by atomic mass is 10.1. The van der Waals surface area contributed by atoms with E-state index in [1.54, 1.807) is 24.3 Å². The summed E-state index contributed by atoms with van der Waals surface area (Å²) in [5.74, 6) is -1.55. The maximum absolute atomic E-state index is 14.0. The van der Waals surface area contributed by atoms with Crippen LogP contribution < -0.4 is 10.5 Å². The van der Waals surface area contributed by atoms with E-state index < -0.39 is 29.4 Å². The van der Waals surface area contributed by atoms with Crippen molar-refractivity contribution in [1.82, 2.24) is 4.90 Å². The van der Waals surface area contributed by atoms with E-state index >= 15 is 0 Å². The molecular formula is C19H13BrClFN2O4S. The summed E-state index contributed by atoms with van der Waals surface area (Å²) in [7, 11) is 0. The lowest BCUT2D eigenvalue weighted by Crippen LogP contribution is -2.36. The van der Waals surface area contributed by atoms with E-state index in [4.69, 9.17) is 22.1 Å². The molecule has 0 aromatic heterocycles. The molecule has 2 aromatic rings. The molecule has 0 saturated carbocycles. The third-order valence-corrected chi connectivity index (χ3v) is 5.63. The molecule has 3 amide bonds. The van der Waals surface area contributed by atoms with E-state index in [0.29, 0.717) is 27.5 Å². The van der Waals surface area contributed by atoms with Crippen LogP contribution in [0.15, 0.2) is 45.8 Å². The molecule has 2 N–H and O–H groups in total. The molecule has 0 aliphatic carbocycles. The summed E-state index contributed by atoms with van der Waals surface area (Å²) >= 11 is 10.1. The molecule has 0 unspecified atom stereocenters. The van der Waals surface area contributed by atoms with Crippen LogP contribution in [0, 0.1) is 5.82 Å². The van der Waals surface area contributed by atoms with E-state index in [1.165, 1.54) is 18.2 Å². The topological polar surface area (TPSA) is 89.7 Å². The van der Waals surface area contributed by atoms with Crippen molar-refractivity contribution in [2.45, 2.75) is 6.61 Å². The molecule has 1 aliphatic heterocycles. The Morgan fingerprint density at radius 3 is 2.76 bits per heavy atom. The monoisotopic (exact) mass is 498 g/mol. The van der Waals surface area contributed by atoms with Crippen molar-refractivity contribution in [3.63, 3.8) is 0 Å². The predicted molar refractivity (Wildman–Crippen MR) is 112 cm³/mol. The van der Waals surface area contributed by atoms with Crippen molar-refractivity contribution in [3.8, 4) is 5.75 Å². The molecule has 10 heteroatoms. The van der Waals surface area contributed by atoms with Gasteiger partial charge < -0.3 is 10.5 Å². The third-order valence-electron chi connectivity index (χ3n) is 3.88. The van der Waals surface area contributed by atoms with Gasteiger partial charge in [0, 0.05) is 15.6 Å². The van der Waals surface area contributed by atoms with Crippen molar-refractivity contribution in [3.05, 3.63) is 67.7 Å². The van der Waals surface area contributed by atoms with Gasteiger partial charge >= 0.3 is 0 Å². The number of rotatable bonds is 6. The Labute approximate surface area is 183 Å².